The summed E-state index contributed by atoms with van der Waals surface area (Å²) < 4.78 is 7.70. The molecule has 0 unspecified atom stereocenters. The van der Waals surface area contributed by atoms with E-state index in [2.05, 4.69) is 10.3 Å². The number of nitrogens with one attached hydrogen (secondary N) is 1. The van der Waals surface area contributed by atoms with E-state index in [1.807, 2.05) is 0 Å². The van der Waals surface area contributed by atoms with E-state index in [-0.39, 0.29) is 59.0 Å². The Kier molecular flexibility index (Phi) is 8.20. The number of ether oxygens (including phenoxy) is 1. The number of aromatic nitrogens is 3. The van der Waals surface area contributed by atoms with Crippen molar-refractivity contribution >= 4 is 63.3 Å². The summed E-state index contributed by atoms with van der Waals surface area (Å²) in [4.78, 5) is 40.4. The maximum Gasteiger partial charge on any atom is 0.407 e. The highest BCUT2D eigenvalue weighted by molar-refractivity contribution is 7.03. The first kappa shape index (κ1) is 26.0. The predicted octanol–water partition coefficient (Wildman–Crippen LogP) is 4.35. The first-order valence-electron chi connectivity index (χ1n) is 10.6. The molecule has 2 aromatic heterocycles. The Bertz CT molecular complexity index is 1530. The summed E-state index contributed by atoms with van der Waals surface area (Å²) in [5.41, 5.74) is 1.80. The number of carbonyl (C=O) groups is 1. The van der Waals surface area contributed by atoms with Crippen LogP contribution in [0, 0.1) is 0 Å². The molecule has 4 rings (SSSR count). The van der Waals surface area contributed by atoms with Crippen molar-refractivity contribution in [1.29, 1.82) is 0 Å². The highest BCUT2D eigenvalue weighted by Crippen LogP contribution is 2.36. The lowest BCUT2D eigenvalue weighted by Gasteiger charge is -2.09. The molecule has 2 aromatic carbocycles. The molecular formula is C23H19Cl3N4O5S. The number of phenols is 1. The number of aryl methyl sites for hydroxylation is 1. The van der Waals surface area contributed by atoms with Gasteiger partial charge in [-0.15, -0.1) is 11.6 Å². The van der Waals surface area contributed by atoms with Gasteiger partial charge in [0.05, 0.1) is 28.8 Å². The summed E-state index contributed by atoms with van der Waals surface area (Å²) in [5, 5.41) is 13.7. The number of alkyl carbamates (subject to hydrolysis) is 1. The minimum absolute atomic E-state index is 0.0765. The van der Waals surface area contributed by atoms with Crippen molar-refractivity contribution in [1.82, 2.24) is 18.8 Å². The SMILES string of the molecule is O=C(NCc1ccc(Cn2c(=O)sn(CCCl)c2=O)cc1)OCc1ccc2c(Cl)cc(Cl)c(O)c2n1. The number of hydrogen-bond donors (Lipinski definition) is 2. The number of rotatable bonds is 8. The standard InChI is InChI=1S/C23H19Cl3N4O5S/c24-7-8-30-22(33)29(23(34)36-30)11-14-3-1-13(2-4-14)10-27-21(32)35-12-15-5-6-16-17(25)9-18(26)20(31)19(16)28-15/h1-6,9,31H,7-8,10-12H2,(H,27,32). The molecule has 0 aliphatic heterocycles. The number of hydrogen-bond acceptors (Lipinski definition) is 7. The van der Waals surface area contributed by atoms with Gasteiger partial charge in [0.1, 0.15) is 12.1 Å². The van der Waals surface area contributed by atoms with Gasteiger partial charge in [-0.3, -0.25) is 4.79 Å². The maximum atomic E-state index is 12.3. The van der Waals surface area contributed by atoms with E-state index in [1.165, 1.54) is 10.0 Å². The quantitative estimate of drug-likeness (QED) is 0.305. The van der Waals surface area contributed by atoms with Gasteiger partial charge in [0.2, 0.25) is 0 Å². The average molecular weight is 570 g/mol. The van der Waals surface area contributed by atoms with E-state index in [0.29, 0.717) is 16.1 Å². The summed E-state index contributed by atoms with van der Waals surface area (Å²) in [5.74, 6) is 0.0476. The van der Waals surface area contributed by atoms with Gasteiger partial charge >= 0.3 is 16.7 Å². The summed E-state index contributed by atoms with van der Waals surface area (Å²) in [6.45, 7) is 0.512. The van der Waals surface area contributed by atoms with Crippen LogP contribution in [0.2, 0.25) is 10.0 Å². The lowest BCUT2D eigenvalue weighted by atomic mass is 10.1. The Morgan fingerprint density at radius 1 is 1.08 bits per heavy atom. The van der Waals surface area contributed by atoms with E-state index in [4.69, 9.17) is 39.5 Å². The molecule has 0 bridgehead atoms. The topological polar surface area (TPSA) is 115 Å². The molecule has 0 saturated carbocycles. The zero-order valence-corrected chi connectivity index (χ0v) is 21.6. The third kappa shape index (κ3) is 5.84. The number of amides is 1. The number of fused-ring (bicyclic) bond motifs is 1. The normalized spacial score (nSPS) is 11.1. The van der Waals surface area contributed by atoms with Crippen LogP contribution in [0.5, 0.6) is 5.75 Å². The lowest BCUT2D eigenvalue weighted by Crippen LogP contribution is -2.29. The van der Waals surface area contributed by atoms with Crippen LogP contribution in [0.3, 0.4) is 0 Å². The number of nitrogens with zero attached hydrogens (tertiary/aromatic N) is 3. The van der Waals surface area contributed by atoms with Gasteiger partial charge in [-0.2, -0.15) is 0 Å². The summed E-state index contributed by atoms with van der Waals surface area (Å²) in [6.07, 6.45) is -0.654. The van der Waals surface area contributed by atoms with Crippen LogP contribution in [0.25, 0.3) is 10.9 Å². The van der Waals surface area contributed by atoms with Crippen LogP contribution >= 0.6 is 46.3 Å². The number of halogens is 3. The Hall–Kier alpha value is -3.05. The Balaban J connectivity index is 1.32. The van der Waals surface area contributed by atoms with E-state index in [0.717, 1.165) is 27.2 Å². The minimum Gasteiger partial charge on any atom is -0.504 e. The molecular weight excluding hydrogens is 551 g/mol. The predicted molar refractivity (Wildman–Crippen MR) is 140 cm³/mol. The zero-order valence-electron chi connectivity index (χ0n) is 18.5. The fourth-order valence-electron chi connectivity index (χ4n) is 3.38. The smallest absolute Gasteiger partial charge is 0.407 e. The second-order valence-corrected chi connectivity index (χ2v) is 9.82. The second-order valence-electron chi connectivity index (χ2n) is 7.65. The highest BCUT2D eigenvalue weighted by Gasteiger charge is 2.13. The van der Waals surface area contributed by atoms with E-state index < -0.39 is 6.09 Å². The number of benzene rings is 2. The molecule has 0 aliphatic rings. The van der Waals surface area contributed by atoms with Crippen molar-refractivity contribution in [3.63, 3.8) is 0 Å². The molecule has 2 heterocycles. The van der Waals surface area contributed by atoms with E-state index in [1.54, 1.807) is 36.4 Å². The summed E-state index contributed by atoms with van der Waals surface area (Å²) >= 11 is 18.6. The molecule has 2 N–H and O–H groups in total. The number of phenolic OH excluding ortho intramolecular Hbond substituents is 1. The van der Waals surface area contributed by atoms with Gasteiger partial charge in [0.25, 0.3) is 0 Å². The van der Waals surface area contributed by atoms with E-state index in [9.17, 15) is 19.5 Å². The van der Waals surface area contributed by atoms with Crippen LogP contribution < -0.4 is 15.9 Å². The largest absolute Gasteiger partial charge is 0.504 e. The van der Waals surface area contributed by atoms with Gasteiger partial charge in [-0.05, 0) is 29.3 Å². The molecule has 9 nitrogen and oxygen atoms in total. The Morgan fingerprint density at radius 3 is 2.53 bits per heavy atom. The van der Waals surface area contributed by atoms with Gasteiger partial charge in [-0.1, -0.05) is 47.5 Å². The second kappa shape index (κ2) is 11.3. The zero-order chi connectivity index (χ0) is 25.8. The highest BCUT2D eigenvalue weighted by atomic mass is 35.5. The van der Waals surface area contributed by atoms with Gasteiger partial charge in [-0.25, -0.2) is 23.1 Å². The van der Waals surface area contributed by atoms with Crippen molar-refractivity contribution < 1.29 is 14.6 Å². The summed E-state index contributed by atoms with van der Waals surface area (Å²) in [6, 6.07) is 11.9. The molecule has 0 atom stereocenters. The van der Waals surface area contributed by atoms with E-state index >= 15 is 0 Å². The molecule has 0 saturated heterocycles. The van der Waals surface area contributed by atoms with Gasteiger partial charge < -0.3 is 15.2 Å². The van der Waals surface area contributed by atoms with Crippen LogP contribution in [-0.4, -0.2) is 30.6 Å². The molecule has 0 aliphatic carbocycles. The monoisotopic (exact) mass is 568 g/mol. The van der Waals surface area contributed by atoms with Crippen molar-refractivity contribution in [3.8, 4) is 5.75 Å². The third-order valence-electron chi connectivity index (χ3n) is 5.21. The molecule has 0 radical (unpaired) electrons. The van der Waals surface area contributed by atoms with Crippen molar-refractivity contribution in [3.05, 3.63) is 89.5 Å². The Labute approximate surface area is 223 Å². The summed E-state index contributed by atoms with van der Waals surface area (Å²) in [7, 11) is 0. The molecule has 0 spiro atoms. The van der Waals surface area contributed by atoms with Gasteiger partial charge in [0.15, 0.2) is 5.75 Å². The molecule has 1 amide bonds. The number of pyridine rings is 1. The lowest BCUT2D eigenvalue weighted by molar-refractivity contribution is 0.138. The maximum absolute atomic E-state index is 12.3. The van der Waals surface area contributed by atoms with Gasteiger partial charge in [0, 0.05) is 29.3 Å². The molecule has 36 heavy (non-hydrogen) atoms. The van der Waals surface area contributed by atoms with Crippen LogP contribution in [0.1, 0.15) is 16.8 Å². The minimum atomic E-state index is -0.654. The Morgan fingerprint density at radius 2 is 1.81 bits per heavy atom. The first-order chi connectivity index (χ1) is 17.3. The fraction of sp³-hybridized carbons (Fsp3) is 0.217. The van der Waals surface area contributed by atoms with Crippen molar-refractivity contribution in [2.24, 2.45) is 0 Å². The first-order valence-corrected chi connectivity index (χ1v) is 12.6. The molecule has 0 fully saturated rings. The number of alkyl halides is 1. The number of carbonyl (C=O) groups excluding carboxylic acids is 1. The molecule has 13 heteroatoms. The fourth-order valence-corrected chi connectivity index (χ4v) is 4.95. The van der Waals surface area contributed by atoms with Crippen LogP contribution in [-0.2, 0) is 31.0 Å². The van der Waals surface area contributed by atoms with Crippen molar-refractivity contribution in [2.45, 2.75) is 26.2 Å². The van der Waals surface area contributed by atoms with Crippen LogP contribution in [0.15, 0.2) is 52.1 Å². The number of aromatic hydroxyl groups is 1. The van der Waals surface area contributed by atoms with Crippen molar-refractivity contribution in [2.75, 3.05) is 5.88 Å². The van der Waals surface area contributed by atoms with Crippen LogP contribution in [0.4, 0.5) is 4.79 Å². The molecule has 188 valence electrons. The average Bonchev–Trinajstić information content (AvgIpc) is 3.13. The molecule has 4 aromatic rings. The third-order valence-corrected chi connectivity index (χ3v) is 6.91.